The average Bonchev–Trinajstić information content (AvgIpc) is 3.84. The number of carbonyl (C=O) groups is 11. The van der Waals surface area contributed by atoms with Crippen LogP contribution in [0.15, 0.2) is 109 Å². The van der Waals surface area contributed by atoms with Crippen LogP contribution in [0.1, 0.15) is 61.3 Å². The van der Waals surface area contributed by atoms with Crippen LogP contribution in [0.5, 0.6) is 11.5 Å². The summed E-state index contributed by atoms with van der Waals surface area (Å²) in [5.74, 6) is -10.5. The van der Waals surface area contributed by atoms with Crippen LogP contribution < -0.4 is 42.5 Å². The normalized spacial score (nSPS) is 21.0. The highest BCUT2D eigenvalue weighted by Gasteiger charge is 2.35. The van der Waals surface area contributed by atoms with E-state index in [-0.39, 0.29) is 43.6 Å². The van der Waals surface area contributed by atoms with Crippen molar-refractivity contribution in [2.75, 3.05) is 40.3 Å². The van der Waals surface area contributed by atoms with Crippen molar-refractivity contribution >= 4 is 75.9 Å². The number of para-hydroxylation sites is 1. The Kier molecular flexibility index (Phi) is 23.3. The summed E-state index contributed by atoms with van der Waals surface area (Å²) < 4.78 is 0. The fraction of sp³-hybridized carbons (Fsp3) is 0.373. The van der Waals surface area contributed by atoms with Crippen molar-refractivity contribution in [2.24, 2.45) is 0 Å². The number of fused-ring (bicyclic) bond motifs is 1. The molecular formula is C59H71N11O14. The smallest absolute Gasteiger partial charge is 0.305 e. The first-order valence-electron chi connectivity index (χ1n) is 27.4. The molecule has 446 valence electrons. The van der Waals surface area contributed by atoms with Crippen molar-refractivity contribution in [1.82, 2.24) is 57.3 Å². The van der Waals surface area contributed by atoms with Crippen LogP contribution >= 0.6 is 0 Å². The number of nitrogens with one attached hydrogen (secondary N) is 9. The van der Waals surface area contributed by atoms with Crippen LogP contribution in [-0.4, -0.2) is 172 Å². The second kappa shape index (κ2) is 30.9. The topological polar surface area (TPSA) is 367 Å². The van der Waals surface area contributed by atoms with Crippen LogP contribution in [0.2, 0.25) is 0 Å². The molecule has 0 bridgehead atoms. The summed E-state index contributed by atoms with van der Waals surface area (Å²) in [6.45, 7) is -0.953. The van der Waals surface area contributed by atoms with Gasteiger partial charge in [-0.2, -0.15) is 0 Å². The molecule has 84 heavy (non-hydrogen) atoms. The van der Waals surface area contributed by atoms with Gasteiger partial charge in [0.1, 0.15) is 47.8 Å². The number of unbranched alkanes of at least 4 members (excludes halogenated alkanes) is 2. The zero-order valence-electron chi connectivity index (χ0n) is 46.8. The van der Waals surface area contributed by atoms with Gasteiger partial charge in [-0.25, -0.2) is 0 Å². The minimum Gasteiger partial charge on any atom is -0.508 e. The van der Waals surface area contributed by atoms with Crippen LogP contribution in [-0.2, 0) is 78.4 Å². The molecule has 2 heterocycles. The number of benzene rings is 4. The molecule has 6 rings (SSSR count). The van der Waals surface area contributed by atoms with Gasteiger partial charge in [0.15, 0.2) is 0 Å². The molecule has 0 unspecified atom stereocenters. The Morgan fingerprint density at radius 3 is 1.68 bits per heavy atom. The number of H-pyrrole nitrogens is 1. The molecular weight excluding hydrogens is 1090 g/mol. The first-order valence-corrected chi connectivity index (χ1v) is 27.4. The number of likely N-dealkylation sites (N-methyl/N-ethyl adjacent to an activating group) is 2. The quantitative estimate of drug-likeness (QED) is 0.0651. The Morgan fingerprint density at radius 2 is 1.05 bits per heavy atom. The summed E-state index contributed by atoms with van der Waals surface area (Å²) in [6, 6.07) is 18.4. The highest BCUT2D eigenvalue weighted by atomic mass is 16.4. The van der Waals surface area contributed by atoms with Gasteiger partial charge in [0.25, 0.3) is 0 Å². The monoisotopic (exact) mass is 1160 g/mol. The fourth-order valence-electron chi connectivity index (χ4n) is 9.32. The van der Waals surface area contributed by atoms with Crippen molar-refractivity contribution in [3.8, 4) is 11.5 Å². The first kappa shape index (κ1) is 63.4. The number of hydrogen-bond donors (Lipinski definition) is 12. The van der Waals surface area contributed by atoms with Gasteiger partial charge in [-0.1, -0.05) is 99.0 Å². The first-order chi connectivity index (χ1) is 40.2. The van der Waals surface area contributed by atoms with Crippen molar-refractivity contribution in [2.45, 2.75) is 101 Å². The molecule has 0 spiro atoms. The van der Waals surface area contributed by atoms with E-state index >= 15 is 0 Å². The van der Waals surface area contributed by atoms with Gasteiger partial charge in [-0.05, 0) is 59.0 Å². The van der Waals surface area contributed by atoms with E-state index in [2.05, 4.69) is 47.5 Å². The highest BCUT2D eigenvalue weighted by Crippen LogP contribution is 2.21. The van der Waals surface area contributed by atoms with Gasteiger partial charge < -0.3 is 72.6 Å². The number of phenols is 2. The molecule has 12 N–H and O–H groups in total. The lowest BCUT2D eigenvalue weighted by Gasteiger charge is -2.30. The number of phenolic OH excluding ortho intramolecular Hbond substituents is 2. The molecule has 1 aliphatic heterocycles. The van der Waals surface area contributed by atoms with Gasteiger partial charge in [0.05, 0.1) is 32.6 Å². The van der Waals surface area contributed by atoms with Crippen molar-refractivity contribution < 1.29 is 68.1 Å². The molecule has 5 aromatic rings. The van der Waals surface area contributed by atoms with E-state index in [9.17, 15) is 68.1 Å². The van der Waals surface area contributed by atoms with E-state index in [0.29, 0.717) is 46.0 Å². The van der Waals surface area contributed by atoms with E-state index in [4.69, 9.17) is 0 Å². The van der Waals surface area contributed by atoms with Gasteiger partial charge in [-0.3, -0.25) is 52.7 Å². The molecule has 0 saturated carbocycles. The summed E-state index contributed by atoms with van der Waals surface area (Å²) in [6.07, 6.45) is 1.88. The van der Waals surface area contributed by atoms with Crippen molar-refractivity contribution in [3.05, 3.63) is 132 Å². The predicted molar refractivity (Wildman–Crippen MR) is 305 cm³/mol. The Balaban J connectivity index is 1.37. The molecule has 25 heteroatoms. The number of carboxylic acid groups (broad SMARTS) is 1. The molecule has 0 aliphatic carbocycles. The Hall–Kier alpha value is -9.81. The van der Waals surface area contributed by atoms with Crippen LogP contribution in [0.25, 0.3) is 10.9 Å². The molecule has 6 atom stereocenters. The van der Waals surface area contributed by atoms with E-state index in [1.165, 1.54) is 43.4 Å². The molecule has 0 radical (unpaired) electrons. The van der Waals surface area contributed by atoms with E-state index in [0.717, 1.165) is 23.3 Å². The molecule has 10 amide bonds. The maximum atomic E-state index is 14.8. The van der Waals surface area contributed by atoms with Crippen LogP contribution in [0.3, 0.4) is 0 Å². The lowest BCUT2D eigenvalue weighted by atomic mass is 10.00. The van der Waals surface area contributed by atoms with Gasteiger partial charge >= 0.3 is 5.97 Å². The predicted octanol–water partition coefficient (Wildman–Crippen LogP) is -0.0237. The molecule has 1 aliphatic rings. The van der Waals surface area contributed by atoms with Crippen molar-refractivity contribution in [3.63, 3.8) is 0 Å². The maximum absolute atomic E-state index is 14.8. The van der Waals surface area contributed by atoms with Gasteiger partial charge in [0.2, 0.25) is 59.1 Å². The summed E-state index contributed by atoms with van der Waals surface area (Å²) in [5, 5.41) is 51.0. The van der Waals surface area contributed by atoms with Crippen LogP contribution in [0.4, 0.5) is 0 Å². The number of carbonyl (C=O) groups excluding carboxylic acids is 10. The van der Waals surface area contributed by atoms with Crippen LogP contribution in [0, 0.1) is 0 Å². The number of aliphatic carboxylic acids is 1. The average molecular weight is 1160 g/mol. The molecule has 25 nitrogen and oxygen atoms in total. The second-order valence-electron chi connectivity index (χ2n) is 20.4. The Bertz CT molecular complexity index is 3150. The van der Waals surface area contributed by atoms with E-state index in [1.807, 2.05) is 13.0 Å². The lowest BCUT2D eigenvalue weighted by molar-refractivity contribution is -0.144. The Morgan fingerprint density at radius 1 is 0.524 bits per heavy atom. The summed E-state index contributed by atoms with van der Waals surface area (Å²) in [4.78, 5) is 158. The van der Waals surface area contributed by atoms with Gasteiger partial charge in [-0.15, -0.1) is 0 Å². The SMILES string of the molecule is CCCCC[C@@H]1NC(=O)[C@H](Cc2ccc(O)cc2)NC(=O)[C@H](Cc2ccccc2)N(C)C(=O)CNC(=O)CNC(=O)CN(C)C(=O)[C@H](CC(=O)O)NC(=O)[C@H](Cc2ccc(O)cc2)NC(=O)CNC(=O)[C@H](Cc2c[nH]c3ccccc23)NC1=O. The standard InChI is InChI=1S/C59H71N11O14/c1-4-5-7-16-43-55(80)66-46(28-38-30-60-42-15-11-10-14-41(38)42)54(79)63-32-50(74)64-44(25-36-17-21-39(71)22-18-36)56(81)68-47(29-53(77)78)59(84)69(2)34-51(75)61-31-49(73)62-33-52(76)70(3)48(27-35-12-8-6-9-13-35)58(83)67-45(57(82)65-43)26-37-19-23-40(72)24-20-37/h6,8-15,17-24,30,43-48,60,71-72H,4-5,7,16,25-29,31-34H2,1-3H3,(H,61,75)(H,62,73)(H,63,79)(H,64,74)(H,65,82)(H,66,80)(H,67,83)(H,68,81)(H,77,78)/t43-,44-,45-,46-,47-,48-/m0/s1. The lowest BCUT2D eigenvalue weighted by Crippen LogP contribution is -2.60. The summed E-state index contributed by atoms with van der Waals surface area (Å²) in [7, 11) is 2.47. The molecule has 1 fully saturated rings. The minimum absolute atomic E-state index is 0.0675. The fourth-order valence-corrected chi connectivity index (χ4v) is 9.32. The zero-order valence-corrected chi connectivity index (χ0v) is 46.8. The number of rotatable bonds is 14. The third kappa shape index (κ3) is 19.2. The number of carboxylic acids is 1. The number of aromatic nitrogens is 1. The van der Waals surface area contributed by atoms with E-state index < -0.39 is 134 Å². The zero-order chi connectivity index (χ0) is 60.9. The number of aromatic amines is 1. The largest absolute Gasteiger partial charge is 0.508 e. The molecule has 1 aromatic heterocycles. The summed E-state index contributed by atoms with van der Waals surface area (Å²) >= 11 is 0. The number of amides is 10. The third-order valence-electron chi connectivity index (χ3n) is 14.0. The van der Waals surface area contributed by atoms with E-state index in [1.54, 1.807) is 66.9 Å². The molecule has 1 saturated heterocycles. The number of nitrogens with zero attached hydrogens (tertiary/aromatic N) is 2. The number of hydrogen-bond acceptors (Lipinski definition) is 13. The summed E-state index contributed by atoms with van der Waals surface area (Å²) in [5.41, 5.74) is 2.81. The third-order valence-corrected chi connectivity index (χ3v) is 14.0. The van der Waals surface area contributed by atoms with Crippen molar-refractivity contribution in [1.29, 1.82) is 0 Å². The Labute approximate surface area is 484 Å². The highest BCUT2D eigenvalue weighted by molar-refractivity contribution is 5.99. The maximum Gasteiger partial charge on any atom is 0.305 e. The molecule has 4 aromatic carbocycles. The number of aromatic hydroxyl groups is 2. The second-order valence-corrected chi connectivity index (χ2v) is 20.4. The van der Waals surface area contributed by atoms with Gasteiger partial charge in [0, 0.05) is 56.9 Å². The minimum atomic E-state index is -1.80.